The molecular formula is C21H20N6O2. The maximum atomic E-state index is 12.6. The molecule has 1 aliphatic rings. The first-order valence-electron chi connectivity index (χ1n) is 9.52. The van der Waals surface area contributed by atoms with Crippen LogP contribution in [-0.4, -0.2) is 48.4 Å². The molecule has 0 bridgehead atoms. The Bertz CT molecular complexity index is 1180. The molecule has 1 aromatic carbocycles. The van der Waals surface area contributed by atoms with Gasteiger partial charge in [-0.05, 0) is 13.0 Å². The van der Waals surface area contributed by atoms with Gasteiger partial charge in [-0.1, -0.05) is 30.3 Å². The standard InChI is InChI=1S/C21H20N6O2/c1-14(26-11-16(12-26)29-21-22-8-5-9-23-21)17-13-27-18(20(28)25-17)10-24-19(27)15-6-3-2-4-7-15/h2-10,13-14,16H,11-12H2,1H3,(H,25,28). The molecule has 0 aliphatic carbocycles. The van der Waals surface area contributed by atoms with Crippen molar-refractivity contribution in [2.24, 2.45) is 0 Å². The van der Waals surface area contributed by atoms with E-state index in [1.807, 2.05) is 40.9 Å². The summed E-state index contributed by atoms with van der Waals surface area (Å²) in [5, 5.41) is 0. The minimum absolute atomic E-state index is 0.0367. The second-order valence-corrected chi connectivity index (χ2v) is 7.14. The fourth-order valence-electron chi connectivity index (χ4n) is 3.59. The van der Waals surface area contributed by atoms with Crippen molar-refractivity contribution in [2.45, 2.75) is 19.1 Å². The molecule has 1 atom stereocenters. The minimum atomic E-state index is -0.143. The fraction of sp³-hybridized carbons (Fsp3) is 0.238. The number of hydrogen-bond donors (Lipinski definition) is 1. The van der Waals surface area contributed by atoms with Crippen molar-refractivity contribution in [1.82, 2.24) is 29.2 Å². The van der Waals surface area contributed by atoms with Crippen LogP contribution in [0.3, 0.4) is 0 Å². The normalized spacial score (nSPS) is 15.9. The predicted molar refractivity (Wildman–Crippen MR) is 108 cm³/mol. The quantitative estimate of drug-likeness (QED) is 0.564. The zero-order valence-electron chi connectivity index (χ0n) is 15.9. The summed E-state index contributed by atoms with van der Waals surface area (Å²) in [5.74, 6) is 0.756. The average molecular weight is 388 g/mol. The largest absolute Gasteiger partial charge is 0.457 e. The van der Waals surface area contributed by atoms with Gasteiger partial charge < -0.3 is 9.72 Å². The van der Waals surface area contributed by atoms with Crippen LogP contribution in [-0.2, 0) is 0 Å². The van der Waals surface area contributed by atoms with Gasteiger partial charge in [0.25, 0.3) is 5.56 Å². The highest BCUT2D eigenvalue weighted by molar-refractivity contribution is 5.61. The number of aromatic nitrogens is 5. The lowest BCUT2D eigenvalue weighted by Gasteiger charge is -2.42. The molecule has 0 saturated carbocycles. The van der Waals surface area contributed by atoms with Gasteiger partial charge in [0.1, 0.15) is 17.4 Å². The Labute approximate surface area is 166 Å². The molecule has 5 rings (SSSR count). The Morgan fingerprint density at radius 2 is 1.86 bits per heavy atom. The van der Waals surface area contributed by atoms with Gasteiger partial charge in [-0.15, -0.1) is 0 Å². The van der Waals surface area contributed by atoms with Gasteiger partial charge in [0.15, 0.2) is 0 Å². The van der Waals surface area contributed by atoms with Crippen LogP contribution in [0.15, 0.2) is 66.0 Å². The first-order valence-corrected chi connectivity index (χ1v) is 9.52. The van der Waals surface area contributed by atoms with E-state index in [4.69, 9.17) is 4.74 Å². The molecule has 4 aromatic rings. The van der Waals surface area contributed by atoms with E-state index in [9.17, 15) is 4.79 Å². The lowest BCUT2D eigenvalue weighted by atomic mass is 10.1. The van der Waals surface area contributed by atoms with Crippen LogP contribution in [0.4, 0.5) is 0 Å². The number of likely N-dealkylation sites (tertiary alicyclic amines) is 1. The maximum Gasteiger partial charge on any atom is 0.316 e. The summed E-state index contributed by atoms with van der Waals surface area (Å²) in [6.45, 7) is 3.56. The van der Waals surface area contributed by atoms with Crippen molar-refractivity contribution in [3.05, 3.63) is 77.2 Å². The second-order valence-electron chi connectivity index (χ2n) is 7.14. The summed E-state index contributed by atoms with van der Waals surface area (Å²) in [6.07, 6.45) is 6.95. The molecule has 1 saturated heterocycles. The predicted octanol–water partition coefficient (Wildman–Crippen LogP) is 2.30. The molecule has 0 spiro atoms. The molecule has 0 amide bonds. The van der Waals surface area contributed by atoms with Crippen molar-refractivity contribution in [3.8, 4) is 17.4 Å². The van der Waals surface area contributed by atoms with Gasteiger partial charge in [-0.3, -0.25) is 14.1 Å². The van der Waals surface area contributed by atoms with E-state index in [0.29, 0.717) is 11.5 Å². The third kappa shape index (κ3) is 3.27. The molecular weight excluding hydrogens is 368 g/mol. The maximum absolute atomic E-state index is 12.6. The van der Waals surface area contributed by atoms with Gasteiger partial charge in [-0.2, -0.15) is 0 Å². The van der Waals surface area contributed by atoms with E-state index in [0.717, 1.165) is 30.2 Å². The van der Waals surface area contributed by atoms with E-state index < -0.39 is 0 Å². The van der Waals surface area contributed by atoms with E-state index in [2.05, 4.69) is 31.8 Å². The molecule has 8 nitrogen and oxygen atoms in total. The first-order chi connectivity index (χ1) is 14.2. The summed E-state index contributed by atoms with van der Waals surface area (Å²) < 4.78 is 7.64. The minimum Gasteiger partial charge on any atom is -0.457 e. The van der Waals surface area contributed by atoms with Crippen molar-refractivity contribution < 1.29 is 4.74 Å². The molecule has 1 unspecified atom stereocenters. The van der Waals surface area contributed by atoms with E-state index in [-0.39, 0.29) is 17.7 Å². The van der Waals surface area contributed by atoms with E-state index in [1.165, 1.54) is 0 Å². The highest BCUT2D eigenvalue weighted by atomic mass is 16.5. The lowest BCUT2D eigenvalue weighted by molar-refractivity contribution is -0.0112. The summed E-state index contributed by atoms with van der Waals surface area (Å²) in [4.78, 5) is 30.5. The first kappa shape index (κ1) is 17.6. The number of nitrogens with zero attached hydrogens (tertiary/aromatic N) is 5. The van der Waals surface area contributed by atoms with Crippen LogP contribution in [0.5, 0.6) is 6.01 Å². The van der Waals surface area contributed by atoms with Gasteiger partial charge in [0.2, 0.25) is 0 Å². The molecule has 0 radical (unpaired) electrons. The van der Waals surface area contributed by atoms with Crippen LogP contribution >= 0.6 is 0 Å². The van der Waals surface area contributed by atoms with E-state index in [1.54, 1.807) is 24.7 Å². The highest BCUT2D eigenvalue weighted by Gasteiger charge is 2.33. The van der Waals surface area contributed by atoms with Crippen molar-refractivity contribution in [2.75, 3.05) is 13.1 Å². The number of imidazole rings is 1. The molecule has 1 N–H and O–H groups in total. The molecule has 8 heteroatoms. The zero-order chi connectivity index (χ0) is 19.8. The van der Waals surface area contributed by atoms with Gasteiger partial charge in [0, 0.05) is 43.3 Å². The van der Waals surface area contributed by atoms with Crippen LogP contribution < -0.4 is 10.3 Å². The Morgan fingerprint density at radius 3 is 2.62 bits per heavy atom. The van der Waals surface area contributed by atoms with Crippen molar-refractivity contribution >= 4 is 5.52 Å². The van der Waals surface area contributed by atoms with Crippen LogP contribution in [0.2, 0.25) is 0 Å². The molecule has 1 fully saturated rings. The second kappa shape index (κ2) is 7.14. The SMILES string of the molecule is CC(c1cn2c(-c3ccccc3)ncc2c(=O)[nH]1)N1CC(Oc2ncccn2)C1. The molecule has 29 heavy (non-hydrogen) atoms. The number of aromatic amines is 1. The van der Waals surface area contributed by atoms with Crippen LogP contribution in [0.1, 0.15) is 18.7 Å². The molecule has 146 valence electrons. The van der Waals surface area contributed by atoms with Crippen molar-refractivity contribution in [1.29, 1.82) is 0 Å². The van der Waals surface area contributed by atoms with Crippen LogP contribution in [0.25, 0.3) is 16.9 Å². The third-order valence-electron chi connectivity index (χ3n) is 5.28. The zero-order valence-corrected chi connectivity index (χ0v) is 15.9. The third-order valence-corrected chi connectivity index (χ3v) is 5.28. The Balaban J connectivity index is 1.37. The Kier molecular flexibility index (Phi) is 4.33. The number of benzene rings is 1. The number of hydrogen-bond acceptors (Lipinski definition) is 6. The fourth-order valence-corrected chi connectivity index (χ4v) is 3.59. The number of nitrogens with one attached hydrogen (secondary N) is 1. The molecule has 4 heterocycles. The summed E-state index contributed by atoms with van der Waals surface area (Å²) in [5.41, 5.74) is 2.20. The van der Waals surface area contributed by atoms with E-state index >= 15 is 0 Å². The number of rotatable bonds is 5. The average Bonchev–Trinajstić information content (AvgIpc) is 3.16. The van der Waals surface area contributed by atoms with Gasteiger partial charge in [-0.25, -0.2) is 15.0 Å². The summed E-state index contributed by atoms with van der Waals surface area (Å²) in [6, 6.07) is 12.1. The molecule has 1 aliphatic heterocycles. The lowest BCUT2D eigenvalue weighted by Crippen LogP contribution is -2.54. The Hall–Kier alpha value is -3.52. The number of ether oxygens (including phenoxy) is 1. The number of H-pyrrole nitrogens is 1. The highest BCUT2D eigenvalue weighted by Crippen LogP contribution is 2.26. The summed E-state index contributed by atoms with van der Waals surface area (Å²) >= 11 is 0. The van der Waals surface area contributed by atoms with Gasteiger partial charge in [0.05, 0.1) is 11.9 Å². The number of fused-ring (bicyclic) bond motifs is 1. The smallest absolute Gasteiger partial charge is 0.316 e. The topological polar surface area (TPSA) is 88.4 Å². The van der Waals surface area contributed by atoms with Gasteiger partial charge >= 0.3 is 6.01 Å². The monoisotopic (exact) mass is 388 g/mol. The van der Waals surface area contributed by atoms with Crippen molar-refractivity contribution in [3.63, 3.8) is 0 Å². The summed E-state index contributed by atoms with van der Waals surface area (Å²) in [7, 11) is 0. The van der Waals surface area contributed by atoms with Crippen LogP contribution in [0, 0.1) is 0 Å². The Morgan fingerprint density at radius 1 is 1.10 bits per heavy atom. The molecule has 3 aromatic heterocycles.